The lowest BCUT2D eigenvalue weighted by Gasteiger charge is -2.16. The quantitative estimate of drug-likeness (QED) is 0.772. The molecule has 3 aliphatic rings. The summed E-state index contributed by atoms with van der Waals surface area (Å²) in [6.45, 7) is 2.10. The fourth-order valence-electron chi connectivity index (χ4n) is 3.90. The maximum absolute atomic E-state index is 12.6. The number of amidine groups is 1. The number of aliphatic imine (C=N–C) groups is 2. The number of amides is 2. The number of hydrogen-bond acceptors (Lipinski definition) is 4. The summed E-state index contributed by atoms with van der Waals surface area (Å²) in [5.74, 6) is 0.0512. The van der Waals surface area contributed by atoms with Gasteiger partial charge in [0.2, 0.25) is 5.91 Å². The summed E-state index contributed by atoms with van der Waals surface area (Å²) in [6.07, 6.45) is 7.22. The lowest BCUT2D eigenvalue weighted by atomic mass is 9.94. The Morgan fingerprint density at radius 2 is 1.93 bits per heavy atom. The van der Waals surface area contributed by atoms with Crippen LogP contribution in [0.3, 0.4) is 0 Å². The molecule has 0 saturated carbocycles. The van der Waals surface area contributed by atoms with Crippen LogP contribution >= 0.6 is 11.8 Å². The third-order valence-corrected chi connectivity index (χ3v) is 6.73. The summed E-state index contributed by atoms with van der Waals surface area (Å²) in [6, 6.07) is 7.86. The molecule has 2 aliphatic heterocycles. The molecule has 6 heteroatoms. The lowest BCUT2D eigenvalue weighted by molar-refractivity contribution is -0.119. The summed E-state index contributed by atoms with van der Waals surface area (Å²) in [4.78, 5) is 35.1. The number of aryl methyl sites for hydroxylation is 1. The molecule has 0 saturated heterocycles. The van der Waals surface area contributed by atoms with Gasteiger partial charge in [0.05, 0.1) is 5.04 Å². The lowest BCUT2D eigenvalue weighted by Crippen LogP contribution is -2.26. The van der Waals surface area contributed by atoms with Crippen LogP contribution in [-0.4, -0.2) is 22.7 Å². The molecule has 5 nitrogen and oxygen atoms in total. The summed E-state index contributed by atoms with van der Waals surface area (Å²) in [5.41, 5.74) is 3.27. The Morgan fingerprint density at radius 3 is 2.71 bits per heavy atom. The molecule has 1 atom stereocenters. The Kier molecular flexibility index (Phi) is 5.76. The molecule has 1 N–H and O–H groups in total. The van der Waals surface area contributed by atoms with Gasteiger partial charge in [-0.25, -0.2) is 4.99 Å². The van der Waals surface area contributed by atoms with Gasteiger partial charge in [0.1, 0.15) is 11.8 Å². The highest BCUT2D eigenvalue weighted by atomic mass is 32.2. The normalized spacial score (nSPS) is 21.5. The van der Waals surface area contributed by atoms with Gasteiger partial charge < -0.3 is 5.32 Å². The van der Waals surface area contributed by atoms with Crippen LogP contribution in [0.5, 0.6) is 0 Å². The van der Waals surface area contributed by atoms with E-state index in [-0.39, 0.29) is 24.2 Å². The predicted molar refractivity (Wildman–Crippen MR) is 115 cm³/mol. The number of carbonyl (C=O) groups is 2. The first-order valence-corrected chi connectivity index (χ1v) is 10.9. The van der Waals surface area contributed by atoms with Crippen molar-refractivity contribution in [1.29, 1.82) is 0 Å². The zero-order valence-electron chi connectivity index (χ0n) is 16.2. The standard InChI is InChI=1S/C22H25N3O2S/c1-2-14-8-10-15(11-9-14)23-19(26)13-12-18-24-21(27)20-16-6-4-3-5-7-17(16)28-22(20)25-18/h8-11,20H,2-7,12-13H2,1H3,(H,23,26). The van der Waals surface area contributed by atoms with Crippen LogP contribution in [-0.2, 0) is 16.0 Å². The van der Waals surface area contributed by atoms with Crippen LogP contribution in [0.15, 0.2) is 44.7 Å². The Morgan fingerprint density at radius 1 is 1.14 bits per heavy atom. The molecule has 4 rings (SSSR count). The van der Waals surface area contributed by atoms with Gasteiger partial charge in [0, 0.05) is 18.5 Å². The Bertz CT molecular complexity index is 884. The number of thioether (sulfide) groups is 1. The molecule has 146 valence electrons. The van der Waals surface area contributed by atoms with Gasteiger partial charge >= 0.3 is 0 Å². The maximum atomic E-state index is 12.6. The van der Waals surface area contributed by atoms with E-state index in [1.54, 1.807) is 11.8 Å². The largest absolute Gasteiger partial charge is 0.326 e. The number of rotatable bonds is 5. The highest BCUT2D eigenvalue weighted by molar-refractivity contribution is 8.17. The predicted octanol–water partition coefficient (Wildman–Crippen LogP) is 4.89. The fourth-order valence-corrected chi connectivity index (χ4v) is 5.27. The number of hydrogen-bond donors (Lipinski definition) is 1. The average Bonchev–Trinajstić information content (AvgIpc) is 2.89. The van der Waals surface area contributed by atoms with Crippen molar-refractivity contribution in [2.75, 3.05) is 5.32 Å². The first-order valence-electron chi connectivity index (χ1n) is 10.1. The molecule has 0 spiro atoms. The molecule has 0 fully saturated rings. The number of allylic oxidation sites excluding steroid dienone is 1. The van der Waals surface area contributed by atoms with Crippen molar-refractivity contribution < 1.29 is 9.59 Å². The molecule has 1 unspecified atom stereocenters. The van der Waals surface area contributed by atoms with Crippen LogP contribution < -0.4 is 5.32 Å². The molecular formula is C22H25N3O2S. The minimum absolute atomic E-state index is 0.0882. The van der Waals surface area contributed by atoms with Crippen molar-refractivity contribution >= 4 is 40.1 Å². The van der Waals surface area contributed by atoms with Crippen molar-refractivity contribution in [2.24, 2.45) is 15.9 Å². The monoisotopic (exact) mass is 395 g/mol. The Labute approximate surface area is 169 Å². The maximum Gasteiger partial charge on any atom is 0.261 e. The van der Waals surface area contributed by atoms with Crippen LogP contribution in [0.25, 0.3) is 0 Å². The summed E-state index contributed by atoms with van der Waals surface area (Å²) < 4.78 is 0. The minimum atomic E-state index is -0.243. The van der Waals surface area contributed by atoms with E-state index in [1.807, 2.05) is 24.3 Å². The minimum Gasteiger partial charge on any atom is -0.326 e. The van der Waals surface area contributed by atoms with Crippen molar-refractivity contribution in [3.8, 4) is 0 Å². The fraction of sp³-hybridized carbons (Fsp3) is 0.455. The van der Waals surface area contributed by atoms with E-state index in [4.69, 9.17) is 0 Å². The molecular weight excluding hydrogens is 370 g/mol. The molecule has 1 aromatic carbocycles. The van der Waals surface area contributed by atoms with E-state index in [0.29, 0.717) is 12.3 Å². The van der Waals surface area contributed by atoms with E-state index >= 15 is 0 Å². The van der Waals surface area contributed by atoms with Crippen LogP contribution in [0.1, 0.15) is 57.4 Å². The van der Waals surface area contributed by atoms with Gasteiger partial charge in [-0.3, -0.25) is 9.59 Å². The number of benzene rings is 1. The van der Waals surface area contributed by atoms with Gasteiger partial charge in [0.25, 0.3) is 5.91 Å². The first kappa shape index (κ1) is 19.1. The Hall–Kier alpha value is -2.21. The van der Waals surface area contributed by atoms with Gasteiger partial charge in [0.15, 0.2) is 0 Å². The van der Waals surface area contributed by atoms with Gasteiger partial charge in [-0.1, -0.05) is 37.2 Å². The topological polar surface area (TPSA) is 70.9 Å². The Balaban J connectivity index is 1.35. The molecule has 1 aromatic rings. The molecule has 2 amide bonds. The van der Waals surface area contributed by atoms with Gasteiger partial charge in [-0.2, -0.15) is 4.99 Å². The van der Waals surface area contributed by atoms with Gasteiger partial charge in [-0.15, -0.1) is 0 Å². The highest BCUT2D eigenvalue weighted by Gasteiger charge is 2.39. The van der Waals surface area contributed by atoms with Gasteiger partial charge in [-0.05, 0) is 60.3 Å². The third-order valence-electron chi connectivity index (χ3n) is 5.48. The highest BCUT2D eigenvalue weighted by Crippen LogP contribution is 2.46. The zero-order chi connectivity index (χ0) is 19.5. The molecule has 0 bridgehead atoms. The first-order chi connectivity index (χ1) is 13.6. The average molecular weight is 396 g/mol. The molecule has 0 aromatic heterocycles. The van der Waals surface area contributed by atoms with Crippen LogP contribution in [0, 0.1) is 5.92 Å². The second kappa shape index (κ2) is 8.43. The molecule has 28 heavy (non-hydrogen) atoms. The van der Waals surface area contributed by atoms with Crippen molar-refractivity contribution in [3.05, 3.63) is 40.3 Å². The van der Waals surface area contributed by atoms with Crippen molar-refractivity contribution in [1.82, 2.24) is 0 Å². The number of fused-ring (bicyclic) bond motifs is 2. The van der Waals surface area contributed by atoms with Crippen LogP contribution in [0.2, 0.25) is 0 Å². The number of anilines is 1. The zero-order valence-corrected chi connectivity index (χ0v) is 17.0. The second-order valence-electron chi connectivity index (χ2n) is 7.46. The third kappa shape index (κ3) is 4.12. The van der Waals surface area contributed by atoms with Crippen molar-refractivity contribution in [2.45, 2.75) is 58.3 Å². The molecule has 1 aliphatic carbocycles. The smallest absolute Gasteiger partial charge is 0.261 e. The van der Waals surface area contributed by atoms with Crippen molar-refractivity contribution in [3.63, 3.8) is 0 Å². The van der Waals surface area contributed by atoms with E-state index in [2.05, 4.69) is 22.2 Å². The molecule has 0 radical (unpaired) electrons. The van der Waals surface area contributed by atoms with E-state index in [9.17, 15) is 9.59 Å². The van der Waals surface area contributed by atoms with Crippen LogP contribution in [0.4, 0.5) is 5.69 Å². The van der Waals surface area contributed by atoms with E-state index < -0.39 is 0 Å². The van der Waals surface area contributed by atoms with E-state index in [1.165, 1.54) is 28.9 Å². The number of carbonyl (C=O) groups excluding carboxylic acids is 2. The second-order valence-corrected chi connectivity index (χ2v) is 8.57. The van der Waals surface area contributed by atoms with E-state index in [0.717, 1.165) is 36.4 Å². The number of nitrogens with zero attached hydrogens (tertiary/aromatic N) is 2. The SMILES string of the molecule is CCc1ccc(NC(=O)CCC2=NC(=O)C3C(=N2)SC2=C3CCCCC2)cc1. The number of nitrogens with one attached hydrogen (secondary N) is 1. The summed E-state index contributed by atoms with van der Waals surface area (Å²) in [5, 5.41) is 3.77. The summed E-state index contributed by atoms with van der Waals surface area (Å²) in [7, 11) is 0. The summed E-state index contributed by atoms with van der Waals surface area (Å²) >= 11 is 1.67. The molecule has 2 heterocycles.